The number of ether oxygens (including phenoxy) is 1. The topological polar surface area (TPSA) is 64.3 Å². The SMILES string of the molecule is COc1cc(C(=O)NC(C)(C)CN)sc1Br.Cl. The second kappa shape index (κ2) is 6.58. The van der Waals surface area contributed by atoms with Crippen molar-refractivity contribution in [2.24, 2.45) is 5.73 Å². The Balaban J connectivity index is 0.00000256. The summed E-state index contributed by atoms with van der Waals surface area (Å²) in [5, 5.41) is 2.86. The number of carbonyl (C=O) groups is 1. The lowest BCUT2D eigenvalue weighted by Crippen LogP contribution is -2.48. The molecule has 0 unspecified atom stereocenters. The molecule has 0 atom stereocenters. The van der Waals surface area contributed by atoms with Gasteiger partial charge in [0.05, 0.1) is 12.0 Å². The van der Waals surface area contributed by atoms with Crippen molar-refractivity contribution < 1.29 is 9.53 Å². The molecule has 1 amide bonds. The first-order chi connectivity index (χ1) is 7.39. The second-order valence-electron chi connectivity index (χ2n) is 3.99. The highest BCUT2D eigenvalue weighted by atomic mass is 79.9. The lowest BCUT2D eigenvalue weighted by Gasteiger charge is -2.23. The van der Waals surface area contributed by atoms with Gasteiger partial charge in [0.2, 0.25) is 0 Å². The van der Waals surface area contributed by atoms with E-state index in [-0.39, 0.29) is 18.3 Å². The van der Waals surface area contributed by atoms with E-state index in [9.17, 15) is 4.79 Å². The Hall–Kier alpha value is -0.300. The highest BCUT2D eigenvalue weighted by Gasteiger charge is 2.21. The summed E-state index contributed by atoms with van der Waals surface area (Å²) in [4.78, 5) is 12.5. The number of hydrogen-bond acceptors (Lipinski definition) is 4. The first kappa shape index (κ1) is 16.7. The van der Waals surface area contributed by atoms with Gasteiger partial charge < -0.3 is 15.8 Å². The minimum Gasteiger partial charge on any atom is -0.495 e. The van der Waals surface area contributed by atoms with Gasteiger partial charge in [-0.25, -0.2) is 0 Å². The molecule has 0 saturated heterocycles. The van der Waals surface area contributed by atoms with E-state index >= 15 is 0 Å². The van der Waals surface area contributed by atoms with Gasteiger partial charge in [0.25, 0.3) is 5.91 Å². The summed E-state index contributed by atoms with van der Waals surface area (Å²) in [6, 6.07) is 1.71. The predicted molar refractivity (Wildman–Crippen MR) is 76.4 cm³/mol. The molecule has 0 aromatic carbocycles. The molecule has 1 rings (SSSR count). The zero-order valence-corrected chi connectivity index (χ0v) is 13.1. The van der Waals surface area contributed by atoms with E-state index < -0.39 is 5.54 Å². The van der Waals surface area contributed by atoms with E-state index in [0.29, 0.717) is 17.2 Å². The molecule has 0 radical (unpaired) electrons. The largest absolute Gasteiger partial charge is 0.495 e. The van der Waals surface area contributed by atoms with Crippen LogP contribution in [0, 0.1) is 0 Å². The van der Waals surface area contributed by atoms with Crippen molar-refractivity contribution in [3.8, 4) is 5.75 Å². The molecule has 0 fully saturated rings. The minimum absolute atomic E-state index is 0. The summed E-state index contributed by atoms with van der Waals surface area (Å²) < 4.78 is 5.90. The van der Waals surface area contributed by atoms with Crippen molar-refractivity contribution in [1.29, 1.82) is 0 Å². The quantitative estimate of drug-likeness (QED) is 0.882. The van der Waals surface area contributed by atoms with Crippen LogP contribution >= 0.6 is 39.7 Å². The van der Waals surface area contributed by atoms with Gasteiger partial charge in [0.1, 0.15) is 9.54 Å². The van der Waals surface area contributed by atoms with Crippen LogP contribution in [0.1, 0.15) is 23.5 Å². The molecule has 1 heterocycles. The summed E-state index contributed by atoms with van der Waals surface area (Å²) in [7, 11) is 1.57. The maximum atomic E-state index is 11.9. The Morgan fingerprint density at radius 2 is 2.24 bits per heavy atom. The standard InChI is InChI=1S/C10H15BrN2O2S.ClH/c1-10(2,5-12)13-9(14)7-4-6(15-3)8(11)16-7;/h4H,5,12H2,1-3H3,(H,13,14);1H. The van der Waals surface area contributed by atoms with E-state index in [2.05, 4.69) is 21.2 Å². The number of thiophene rings is 1. The van der Waals surface area contributed by atoms with Crippen LogP contribution in [-0.2, 0) is 0 Å². The number of halogens is 2. The normalized spacial score (nSPS) is 10.6. The molecule has 98 valence electrons. The zero-order valence-electron chi connectivity index (χ0n) is 9.87. The van der Waals surface area contributed by atoms with Gasteiger partial charge in [-0.1, -0.05) is 0 Å². The Kier molecular flexibility index (Phi) is 6.47. The van der Waals surface area contributed by atoms with Crippen molar-refractivity contribution in [3.63, 3.8) is 0 Å². The molecule has 7 heteroatoms. The van der Waals surface area contributed by atoms with Gasteiger partial charge in [0.15, 0.2) is 0 Å². The average Bonchev–Trinajstić information content (AvgIpc) is 2.59. The fourth-order valence-electron chi connectivity index (χ4n) is 1.02. The Bertz CT molecular complexity index is 396. The smallest absolute Gasteiger partial charge is 0.261 e. The molecular weight excluding hydrogens is 328 g/mol. The monoisotopic (exact) mass is 342 g/mol. The van der Waals surface area contributed by atoms with Crippen LogP contribution in [0.15, 0.2) is 9.85 Å². The van der Waals surface area contributed by atoms with E-state index in [1.807, 2.05) is 13.8 Å². The fraction of sp³-hybridized carbons (Fsp3) is 0.500. The second-order valence-corrected chi connectivity index (χ2v) is 6.36. The highest BCUT2D eigenvalue weighted by molar-refractivity contribution is 9.11. The predicted octanol–water partition coefficient (Wildman–Crippen LogP) is 2.41. The van der Waals surface area contributed by atoms with E-state index in [0.717, 1.165) is 3.79 Å². The van der Waals surface area contributed by atoms with Gasteiger partial charge in [-0.05, 0) is 29.8 Å². The number of hydrogen-bond donors (Lipinski definition) is 2. The van der Waals surface area contributed by atoms with Crippen molar-refractivity contribution in [1.82, 2.24) is 5.32 Å². The highest BCUT2D eigenvalue weighted by Crippen LogP contribution is 2.34. The number of nitrogens with one attached hydrogen (secondary N) is 1. The van der Waals surface area contributed by atoms with Crippen molar-refractivity contribution in [2.45, 2.75) is 19.4 Å². The molecule has 0 aliphatic carbocycles. The zero-order chi connectivity index (χ0) is 12.3. The minimum atomic E-state index is -0.402. The van der Waals surface area contributed by atoms with Gasteiger partial charge in [-0.2, -0.15) is 0 Å². The van der Waals surface area contributed by atoms with Gasteiger partial charge in [-0.15, -0.1) is 23.7 Å². The molecule has 1 aromatic rings. The molecule has 3 N–H and O–H groups in total. The fourth-order valence-corrected chi connectivity index (χ4v) is 2.57. The summed E-state index contributed by atoms with van der Waals surface area (Å²) in [5.74, 6) is 0.533. The maximum Gasteiger partial charge on any atom is 0.261 e. The molecule has 0 saturated carbocycles. The third-order valence-corrected chi connectivity index (χ3v) is 3.84. The third-order valence-electron chi connectivity index (χ3n) is 2.06. The van der Waals surface area contributed by atoms with Crippen LogP contribution in [0.25, 0.3) is 0 Å². The van der Waals surface area contributed by atoms with Crippen LogP contribution in [-0.4, -0.2) is 25.1 Å². The number of rotatable bonds is 4. The van der Waals surface area contributed by atoms with Gasteiger partial charge in [0, 0.05) is 18.2 Å². The van der Waals surface area contributed by atoms with Crippen molar-refractivity contribution in [3.05, 3.63) is 14.7 Å². The first-order valence-corrected chi connectivity index (χ1v) is 6.36. The molecule has 4 nitrogen and oxygen atoms in total. The average molecular weight is 344 g/mol. The Morgan fingerprint density at radius 3 is 2.65 bits per heavy atom. The first-order valence-electron chi connectivity index (χ1n) is 4.75. The molecule has 1 aromatic heterocycles. The van der Waals surface area contributed by atoms with Gasteiger partial charge >= 0.3 is 0 Å². The number of carbonyl (C=O) groups excluding carboxylic acids is 1. The number of nitrogens with two attached hydrogens (primary N) is 1. The molecule has 17 heavy (non-hydrogen) atoms. The summed E-state index contributed by atoms with van der Waals surface area (Å²) in [6.45, 7) is 4.15. The van der Waals surface area contributed by atoms with Crippen molar-refractivity contribution in [2.75, 3.05) is 13.7 Å². The summed E-state index contributed by atoms with van der Waals surface area (Å²) >= 11 is 4.67. The Labute approximate surface area is 119 Å². The van der Waals surface area contributed by atoms with Crippen LogP contribution in [0.3, 0.4) is 0 Å². The van der Waals surface area contributed by atoms with E-state index in [1.165, 1.54) is 11.3 Å². The lowest BCUT2D eigenvalue weighted by atomic mass is 10.1. The van der Waals surface area contributed by atoms with Crippen LogP contribution in [0.5, 0.6) is 5.75 Å². The number of methoxy groups -OCH3 is 1. The Morgan fingerprint density at radius 1 is 1.65 bits per heavy atom. The summed E-state index contributed by atoms with van der Waals surface area (Å²) in [6.07, 6.45) is 0. The maximum absolute atomic E-state index is 11.9. The third kappa shape index (κ3) is 4.46. The number of amides is 1. The van der Waals surface area contributed by atoms with E-state index in [1.54, 1.807) is 13.2 Å². The molecular formula is C10H16BrClN2O2S. The molecule has 0 bridgehead atoms. The van der Waals surface area contributed by atoms with E-state index in [4.69, 9.17) is 10.5 Å². The molecule has 0 aliphatic rings. The summed E-state index contributed by atoms with van der Waals surface area (Å²) in [5.41, 5.74) is 5.15. The van der Waals surface area contributed by atoms with Crippen molar-refractivity contribution >= 4 is 45.6 Å². The van der Waals surface area contributed by atoms with Crippen LogP contribution in [0.4, 0.5) is 0 Å². The van der Waals surface area contributed by atoms with Crippen LogP contribution < -0.4 is 15.8 Å². The van der Waals surface area contributed by atoms with Gasteiger partial charge in [-0.3, -0.25) is 4.79 Å². The lowest BCUT2D eigenvalue weighted by molar-refractivity contribution is 0.0919. The van der Waals surface area contributed by atoms with Crippen LogP contribution in [0.2, 0.25) is 0 Å². The molecule has 0 aliphatic heterocycles. The molecule has 0 spiro atoms.